The summed E-state index contributed by atoms with van der Waals surface area (Å²) in [7, 11) is 0. The van der Waals surface area contributed by atoms with E-state index in [4.69, 9.17) is 0 Å². The van der Waals surface area contributed by atoms with Gasteiger partial charge in [0.1, 0.15) is 5.67 Å². The second-order valence-electron chi connectivity index (χ2n) is 4.32. The number of likely N-dealkylation sites (tertiary alicyclic amines) is 1. The van der Waals surface area contributed by atoms with E-state index in [1.165, 1.54) is 6.08 Å². The Bertz CT molecular complexity index is 231. The van der Waals surface area contributed by atoms with E-state index in [0.29, 0.717) is 25.6 Å². The minimum absolute atomic E-state index is 0.0648. The minimum Gasteiger partial charge on any atom is -0.295 e. The summed E-state index contributed by atoms with van der Waals surface area (Å²) in [5.74, 6) is -0.0648. The molecule has 14 heavy (non-hydrogen) atoms. The first-order valence-corrected chi connectivity index (χ1v) is 5.05. The van der Waals surface area contributed by atoms with Crippen LogP contribution in [-0.4, -0.2) is 35.5 Å². The number of nitrogens with zero attached hydrogens (tertiary/aromatic N) is 1. The largest absolute Gasteiger partial charge is 0.295 e. The molecule has 0 atom stereocenters. The lowest BCUT2D eigenvalue weighted by Crippen LogP contribution is -2.61. The van der Waals surface area contributed by atoms with E-state index in [9.17, 15) is 9.18 Å². The number of carbonyl (C=O) groups excluding carboxylic acids is 1. The van der Waals surface area contributed by atoms with Gasteiger partial charge in [-0.05, 0) is 26.3 Å². The molecule has 0 bridgehead atoms. The van der Waals surface area contributed by atoms with Crippen LogP contribution >= 0.6 is 0 Å². The van der Waals surface area contributed by atoms with Gasteiger partial charge >= 0.3 is 0 Å². The molecule has 1 heterocycles. The molecule has 0 aromatic heterocycles. The van der Waals surface area contributed by atoms with Crippen molar-refractivity contribution in [3.8, 4) is 0 Å². The molecular formula is C11H18FNO. The number of hydrogen-bond acceptors (Lipinski definition) is 2. The summed E-state index contributed by atoms with van der Waals surface area (Å²) in [6.45, 7) is 8.40. The number of hydrogen-bond donors (Lipinski definition) is 0. The molecular weight excluding hydrogens is 181 g/mol. The van der Waals surface area contributed by atoms with E-state index >= 15 is 0 Å². The third kappa shape index (κ3) is 2.64. The third-order valence-corrected chi connectivity index (χ3v) is 2.75. The zero-order valence-corrected chi connectivity index (χ0v) is 8.92. The molecule has 0 radical (unpaired) electrons. The zero-order chi connectivity index (χ0) is 10.8. The molecule has 1 saturated heterocycles. The van der Waals surface area contributed by atoms with Crippen molar-refractivity contribution in [2.75, 3.05) is 13.1 Å². The van der Waals surface area contributed by atoms with Gasteiger partial charge in [-0.3, -0.25) is 9.69 Å². The number of alkyl halides is 1. The lowest BCUT2D eigenvalue weighted by Gasteiger charge is -2.46. The Kier molecular flexibility index (Phi) is 3.43. The first kappa shape index (κ1) is 11.4. The van der Waals surface area contributed by atoms with Crippen LogP contribution in [0.2, 0.25) is 0 Å². The average molecular weight is 199 g/mol. The first-order chi connectivity index (χ1) is 6.47. The molecule has 3 heteroatoms. The number of ketones is 1. The Morgan fingerprint density at radius 1 is 1.64 bits per heavy atom. The van der Waals surface area contributed by atoms with Crippen LogP contribution in [0.15, 0.2) is 12.7 Å². The smallest absolute Gasteiger partial charge is 0.155 e. The lowest BCUT2D eigenvalue weighted by atomic mass is 9.89. The van der Waals surface area contributed by atoms with Gasteiger partial charge in [0, 0.05) is 25.6 Å². The number of allylic oxidation sites excluding steroid dienone is 1. The fraction of sp³-hybridized carbons (Fsp3) is 0.727. The molecule has 0 aromatic rings. The van der Waals surface area contributed by atoms with Crippen LogP contribution in [0.4, 0.5) is 4.39 Å². The summed E-state index contributed by atoms with van der Waals surface area (Å²) in [6, 6.07) is 0.397. The van der Waals surface area contributed by atoms with Crippen LogP contribution in [0.1, 0.15) is 26.7 Å². The van der Waals surface area contributed by atoms with Crippen LogP contribution in [0.25, 0.3) is 0 Å². The van der Waals surface area contributed by atoms with E-state index in [0.717, 1.165) is 0 Å². The maximum atomic E-state index is 13.8. The van der Waals surface area contributed by atoms with E-state index < -0.39 is 5.67 Å². The van der Waals surface area contributed by atoms with Gasteiger partial charge in [-0.2, -0.15) is 0 Å². The predicted octanol–water partition coefficient (Wildman–Crippen LogP) is 1.95. The molecule has 0 unspecified atom stereocenters. The Hall–Kier alpha value is -0.700. The number of halogens is 1. The zero-order valence-electron chi connectivity index (χ0n) is 8.92. The molecule has 0 saturated carbocycles. The van der Waals surface area contributed by atoms with Crippen LogP contribution in [0.3, 0.4) is 0 Å². The Morgan fingerprint density at radius 2 is 2.21 bits per heavy atom. The van der Waals surface area contributed by atoms with Crippen molar-refractivity contribution in [1.29, 1.82) is 0 Å². The SMILES string of the molecule is C=CC(=O)CCC1(F)CN(C(C)C)C1. The second kappa shape index (κ2) is 4.22. The quantitative estimate of drug-likeness (QED) is 0.631. The predicted molar refractivity (Wildman–Crippen MR) is 55.0 cm³/mol. The van der Waals surface area contributed by atoms with Crippen molar-refractivity contribution >= 4 is 5.78 Å². The highest BCUT2D eigenvalue weighted by molar-refractivity contribution is 5.89. The number of rotatable bonds is 5. The lowest BCUT2D eigenvalue weighted by molar-refractivity contribution is -0.117. The monoisotopic (exact) mass is 199 g/mol. The van der Waals surface area contributed by atoms with E-state index in [1.807, 2.05) is 0 Å². The molecule has 0 amide bonds. The van der Waals surface area contributed by atoms with E-state index in [1.54, 1.807) is 0 Å². The summed E-state index contributed by atoms with van der Waals surface area (Å²) < 4.78 is 13.8. The summed E-state index contributed by atoms with van der Waals surface area (Å²) in [5.41, 5.74) is -1.14. The molecule has 1 aliphatic heterocycles. The second-order valence-corrected chi connectivity index (χ2v) is 4.32. The Labute approximate surface area is 84.8 Å². The maximum absolute atomic E-state index is 13.8. The fourth-order valence-corrected chi connectivity index (χ4v) is 1.65. The standard InChI is InChI=1S/C11H18FNO/c1-4-10(14)5-6-11(12)7-13(8-11)9(2)3/h4,9H,1,5-8H2,2-3H3. The minimum atomic E-state index is -1.14. The summed E-state index contributed by atoms with van der Waals surface area (Å²) in [6.07, 6.45) is 1.88. The fourth-order valence-electron chi connectivity index (χ4n) is 1.65. The molecule has 0 aliphatic carbocycles. The average Bonchev–Trinajstić information content (AvgIpc) is 2.09. The first-order valence-electron chi connectivity index (χ1n) is 5.05. The van der Waals surface area contributed by atoms with Crippen molar-refractivity contribution in [2.24, 2.45) is 0 Å². The molecule has 2 nitrogen and oxygen atoms in total. The maximum Gasteiger partial charge on any atom is 0.155 e. The van der Waals surface area contributed by atoms with Crippen molar-refractivity contribution in [3.63, 3.8) is 0 Å². The third-order valence-electron chi connectivity index (χ3n) is 2.75. The van der Waals surface area contributed by atoms with E-state index in [2.05, 4.69) is 25.3 Å². The number of carbonyl (C=O) groups is 1. The molecule has 0 spiro atoms. The van der Waals surface area contributed by atoms with Gasteiger partial charge in [-0.25, -0.2) is 4.39 Å². The Morgan fingerprint density at radius 3 is 2.64 bits per heavy atom. The van der Waals surface area contributed by atoms with Crippen LogP contribution in [0.5, 0.6) is 0 Å². The van der Waals surface area contributed by atoms with Crippen molar-refractivity contribution < 1.29 is 9.18 Å². The molecule has 1 fully saturated rings. The molecule has 80 valence electrons. The summed E-state index contributed by atoms with van der Waals surface area (Å²) >= 11 is 0. The van der Waals surface area contributed by atoms with Crippen molar-refractivity contribution in [2.45, 2.75) is 38.4 Å². The van der Waals surface area contributed by atoms with E-state index in [-0.39, 0.29) is 12.2 Å². The van der Waals surface area contributed by atoms with Crippen molar-refractivity contribution in [3.05, 3.63) is 12.7 Å². The Balaban J connectivity index is 2.27. The summed E-state index contributed by atoms with van der Waals surface area (Å²) in [4.78, 5) is 13.0. The molecule has 1 rings (SSSR count). The molecule has 1 aliphatic rings. The van der Waals surface area contributed by atoms with Gasteiger partial charge in [0.15, 0.2) is 5.78 Å². The normalized spacial score (nSPS) is 20.6. The van der Waals surface area contributed by atoms with Gasteiger partial charge < -0.3 is 0 Å². The van der Waals surface area contributed by atoms with Crippen LogP contribution in [0, 0.1) is 0 Å². The highest BCUT2D eigenvalue weighted by Gasteiger charge is 2.43. The van der Waals surface area contributed by atoms with Crippen molar-refractivity contribution in [1.82, 2.24) is 4.90 Å². The summed E-state index contributed by atoms with van der Waals surface area (Å²) in [5, 5.41) is 0. The van der Waals surface area contributed by atoms with Gasteiger partial charge in [0.25, 0.3) is 0 Å². The highest BCUT2D eigenvalue weighted by atomic mass is 19.1. The van der Waals surface area contributed by atoms with Crippen LogP contribution < -0.4 is 0 Å². The molecule has 0 aromatic carbocycles. The van der Waals surface area contributed by atoms with Gasteiger partial charge in [0.05, 0.1) is 0 Å². The topological polar surface area (TPSA) is 20.3 Å². The van der Waals surface area contributed by atoms with Gasteiger partial charge in [0.2, 0.25) is 0 Å². The molecule has 0 N–H and O–H groups in total. The van der Waals surface area contributed by atoms with Crippen LogP contribution in [-0.2, 0) is 4.79 Å². The van der Waals surface area contributed by atoms with Gasteiger partial charge in [-0.15, -0.1) is 0 Å². The highest BCUT2D eigenvalue weighted by Crippen LogP contribution is 2.31. The van der Waals surface area contributed by atoms with Gasteiger partial charge in [-0.1, -0.05) is 6.58 Å².